The van der Waals surface area contributed by atoms with Crippen LogP contribution in [-0.2, 0) is 4.79 Å². The predicted octanol–water partition coefficient (Wildman–Crippen LogP) is 3.40. The summed E-state index contributed by atoms with van der Waals surface area (Å²) in [6.07, 6.45) is 6.64. The van der Waals surface area contributed by atoms with E-state index in [0.29, 0.717) is 6.42 Å². The zero-order chi connectivity index (χ0) is 13.5. The monoisotopic (exact) mass is 259 g/mol. The highest BCUT2D eigenvalue weighted by molar-refractivity contribution is 5.99. The molecule has 0 bridgehead atoms. The third-order valence-corrected chi connectivity index (χ3v) is 3.15. The molecule has 0 saturated heterocycles. The standard InChI is InChI=1S/C15H21N3O/c1-2-3-6-11-16-13-8-4-5-9-14(13)18-15(19)10-7-12-17-18/h4-5,8-9,12,16H,2-3,6-7,10-11H2,1H3. The third kappa shape index (κ3) is 3.56. The topological polar surface area (TPSA) is 44.7 Å². The molecule has 1 heterocycles. The lowest BCUT2D eigenvalue weighted by atomic mass is 10.2. The first kappa shape index (κ1) is 13.6. The molecule has 4 nitrogen and oxygen atoms in total. The molecule has 0 radical (unpaired) electrons. The van der Waals surface area contributed by atoms with Crippen LogP contribution in [0.4, 0.5) is 11.4 Å². The van der Waals surface area contributed by atoms with Crippen molar-refractivity contribution in [2.24, 2.45) is 5.10 Å². The van der Waals surface area contributed by atoms with Crippen LogP contribution in [0.2, 0.25) is 0 Å². The Morgan fingerprint density at radius 3 is 2.95 bits per heavy atom. The second-order valence-electron chi connectivity index (χ2n) is 4.69. The van der Waals surface area contributed by atoms with Gasteiger partial charge in [0.15, 0.2) is 0 Å². The lowest BCUT2D eigenvalue weighted by molar-refractivity contribution is -0.118. The van der Waals surface area contributed by atoms with Crippen molar-refractivity contribution in [2.45, 2.75) is 39.0 Å². The first-order valence-corrected chi connectivity index (χ1v) is 7.01. The number of hydrogen-bond donors (Lipinski definition) is 1. The second kappa shape index (κ2) is 6.92. The number of carbonyl (C=O) groups is 1. The van der Waals surface area contributed by atoms with Crippen LogP contribution < -0.4 is 10.3 Å². The average Bonchev–Trinajstić information content (AvgIpc) is 2.45. The summed E-state index contributed by atoms with van der Waals surface area (Å²) in [6.45, 7) is 3.12. The summed E-state index contributed by atoms with van der Waals surface area (Å²) in [6, 6.07) is 7.84. The number of amides is 1. The Morgan fingerprint density at radius 2 is 2.16 bits per heavy atom. The van der Waals surface area contributed by atoms with Crippen LogP contribution in [0.5, 0.6) is 0 Å². The molecule has 1 aliphatic rings. The summed E-state index contributed by atoms with van der Waals surface area (Å²) >= 11 is 0. The number of nitrogens with one attached hydrogen (secondary N) is 1. The van der Waals surface area contributed by atoms with Crippen LogP contribution in [0, 0.1) is 0 Å². The Labute approximate surface area is 114 Å². The van der Waals surface area contributed by atoms with E-state index in [4.69, 9.17) is 0 Å². The summed E-state index contributed by atoms with van der Waals surface area (Å²) < 4.78 is 0. The molecule has 0 fully saturated rings. The fourth-order valence-electron chi connectivity index (χ4n) is 2.10. The smallest absolute Gasteiger partial charge is 0.247 e. The Hall–Kier alpha value is -1.84. The Morgan fingerprint density at radius 1 is 1.32 bits per heavy atom. The first-order valence-electron chi connectivity index (χ1n) is 7.01. The number of para-hydroxylation sites is 2. The maximum atomic E-state index is 11.9. The molecule has 0 aromatic heterocycles. The SMILES string of the molecule is CCCCCNc1ccccc1N1N=CCCC1=O. The number of unbranched alkanes of at least 4 members (excludes halogenated alkanes) is 2. The molecule has 4 heteroatoms. The van der Waals surface area contributed by atoms with Crippen LogP contribution in [-0.4, -0.2) is 18.7 Å². The van der Waals surface area contributed by atoms with Crippen molar-refractivity contribution in [2.75, 3.05) is 16.9 Å². The second-order valence-corrected chi connectivity index (χ2v) is 4.69. The normalized spacial score (nSPS) is 14.8. The molecule has 1 aliphatic heterocycles. The molecule has 1 amide bonds. The molecule has 2 rings (SSSR count). The van der Waals surface area contributed by atoms with Crippen molar-refractivity contribution in [3.8, 4) is 0 Å². The molecule has 0 spiro atoms. The molecule has 0 aliphatic carbocycles. The summed E-state index contributed by atoms with van der Waals surface area (Å²) in [4.78, 5) is 11.9. The molecule has 1 aromatic carbocycles. The van der Waals surface area contributed by atoms with Gasteiger partial charge in [-0.3, -0.25) is 4.79 Å². The Bertz CT molecular complexity index is 456. The van der Waals surface area contributed by atoms with Gasteiger partial charge in [-0.1, -0.05) is 31.9 Å². The largest absolute Gasteiger partial charge is 0.383 e. The molecule has 1 N–H and O–H groups in total. The summed E-state index contributed by atoms with van der Waals surface area (Å²) in [7, 11) is 0. The quantitative estimate of drug-likeness (QED) is 0.796. The highest BCUT2D eigenvalue weighted by Gasteiger charge is 2.19. The molecule has 19 heavy (non-hydrogen) atoms. The number of hydrazone groups is 1. The van der Waals surface area contributed by atoms with E-state index < -0.39 is 0 Å². The molecule has 0 saturated carbocycles. The van der Waals surface area contributed by atoms with Crippen molar-refractivity contribution >= 4 is 23.5 Å². The van der Waals surface area contributed by atoms with Crippen molar-refractivity contribution < 1.29 is 4.79 Å². The van der Waals surface area contributed by atoms with Gasteiger partial charge in [-0.2, -0.15) is 10.1 Å². The van der Waals surface area contributed by atoms with Crippen LogP contribution in [0.25, 0.3) is 0 Å². The van der Waals surface area contributed by atoms with E-state index in [1.54, 1.807) is 6.21 Å². The lowest BCUT2D eigenvalue weighted by Gasteiger charge is -2.23. The minimum Gasteiger partial charge on any atom is -0.383 e. The average molecular weight is 259 g/mol. The highest BCUT2D eigenvalue weighted by atomic mass is 16.2. The molecular weight excluding hydrogens is 238 g/mol. The van der Waals surface area contributed by atoms with Gasteiger partial charge in [-0.05, 0) is 25.0 Å². The molecule has 0 atom stereocenters. The van der Waals surface area contributed by atoms with E-state index in [-0.39, 0.29) is 5.91 Å². The number of rotatable bonds is 6. The Kier molecular flexibility index (Phi) is 4.95. The van der Waals surface area contributed by atoms with E-state index in [9.17, 15) is 4.79 Å². The van der Waals surface area contributed by atoms with Gasteiger partial charge in [0.25, 0.3) is 0 Å². The van der Waals surface area contributed by atoms with E-state index in [2.05, 4.69) is 17.3 Å². The van der Waals surface area contributed by atoms with Gasteiger partial charge in [0.2, 0.25) is 5.91 Å². The van der Waals surface area contributed by atoms with Gasteiger partial charge in [-0.15, -0.1) is 0 Å². The van der Waals surface area contributed by atoms with Crippen molar-refractivity contribution in [3.63, 3.8) is 0 Å². The first-order chi connectivity index (χ1) is 9.33. The number of carbonyl (C=O) groups excluding carboxylic acids is 1. The van der Waals surface area contributed by atoms with Gasteiger partial charge >= 0.3 is 0 Å². The number of nitrogens with zero attached hydrogens (tertiary/aromatic N) is 2. The van der Waals surface area contributed by atoms with Crippen LogP contribution in [0.15, 0.2) is 29.4 Å². The van der Waals surface area contributed by atoms with Crippen LogP contribution in [0.3, 0.4) is 0 Å². The van der Waals surface area contributed by atoms with Crippen molar-refractivity contribution in [1.82, 2.24) is 0 Å². The number of hydrogen-bond acceptors (Lipinski definition) is 3. The Balaban J connectivity index is 2.09. The zero-order valence-corrected chi connectivity index (χ0v) is 11.4. The predicted molar refractivity (Wildman–Crippen MR) is 79.7 cm³/mol. The van der Waals surface area contributed by atoms with Crippen molar-refractivity contribution in [1.29, 1.82) is 0 Å². The minimum absolute atomic E-state index is 0.0605. The molecule has 1 aromatic rings. The number of benzene rings is 1. The fraction of sp³-hybridized carbons (Fsp3) is 0.467. The minimum atomic E-state index is 0.0605. The molecular formula is C15H21N3O. The van der Waals surface area contributed by atoms with Crippen molar-refractivity contribution in [3.05, 3.63) is 24.3 Å². The van der Waals surface area contributed by atoms with Gasteiger partial charge in [0, 0.05) is 19.2 Å². The van der Waals surface area contributed by atoms with Gasteiger partial charge in [0.05, 0.1) is 11.4 Å². The summed E-state index contributed by atoms with van der Waals surface area (Å²) in [5.74, 6) is 0.0605. The summed E-state index contributed by atoms with van der Waals surface area (Å²) in [5.41, 5.74) is 1.82. The zero-order valence-electron chi connectivity index (χ0n) is 11.4. The van der Waals surface area contributed by atoms with E-state index >= 15 is 0 Å². The number of anilines is 2. The van der Waals surface area contributed by atoms with Gasteiger partial charge < -0.3 is 5.32 Å². The van der Waals surface area contributed by atoms with Crippen LogP contribution >= 0.6 is 0 Å². The summed E-state index contributed by atoms with van der Waals surface area (Å²) in [5, 5.41) is 9.11. The van der Waals surface area contributed by atoms with Gasteiger partial charge in [-0.25, -0.2) is 0 Å². The van der Waals surface area contributed by atoms with E-state index in [1.165, 1.54) is 17.9 Å². The maximum Gasteiger partial charge on any atom is 0.247 e. The van der Waals surface area contributed by atoms with Gasteiger partial charge in [0.1, 0.15) is 0 Å². The highest BCUT2D eigenvalue weighted by Crippen LogP contribution is 2.27. The van der Waals surface area contributed by atoms with E-state index in [0.717, 1.165) is 30.8 Å². The van der Waals surface area contributed by atoms with Crippen LogP contribution in [0.1, 0.15) is 39.0 Å². The lowest BCUT2D eigenvalue weighted by Crippen LogP contribution is -2.29. The molecule has 0 unspecified atom stereocenters. The van der Waals surface area contributed by atoms with E-state index in [1.807, 2.05) is 24.3 Å². The fourth-order valence-corrected chi connectivity index (χ4v) is 2.10. The third-order valence-electron chi connectivity index (χ3n) is 3.15. The maximum absolute atomic E-state index is 11.9. The molecule has 102 valence electrons.